The summed E-state index contributed by atoms with van der Waals surface area (Å²) in [6.45, 7) is 16.8. The van der Waals surface area contributed by atoms with Crippen molar-refractivity contribution in [1.29, 1.82) is 0 Å². The largest absolute Gasteiger partial charge is 0.298 e. The molecular formula is C22H31N. The average molecular weight is 309 g/mol. The third-order valence-electron chi connectivity index (χ3n) is 3.51. The second kappa shape index (κ2) is 8.75. The zero-order valence-corrected chi connectivity index (χ0v) is 15.6. The molecule has 23 heavy (non-hydrogen) atoms. The molecule has 0 atom stereocenters. The molecule has 0 aliphatic rings. The highest BCUT2D eigenvalue weighted by molar-refractivity contribution is 5.65. The Hall–Kier alpha value is -1.78. The molecule has 0 aliphatic heterocycles. The van der Waals surface area contributed by atoms with Crippen molar-refractivity contribution in [1.82, 2.24) is 4.90 Å². The molecule has 1 nitrogen and oxygen atoms in total. The van der Waals surface area contributed by atoms with E-state index in [0.29, 0.717) is 5.92 Å². The lowest BCUT2D eigenvalue weighted by Gasteiger charge is -2.16. The van der Waals surface area contributed by atoms with E-state index in [1.54, 1.807) is 0 Å². The van der Waals surface area contributed by atoms with Gasteiger partial charge in [-0.2, -0.15) is 0 Å². The standard InChI is InChI=1S/C22H31N/c1-18(2)19(3)21-13-11-12-20(16-21)17-23(7)15-10-8-9-14-22(4,5)6/h8,10-13,16,18H,3,15,17H2,1-2,4-7H3. The number of rotatable bonds is 6. The maximum absolute atomic E-state index is 4.19. The van der Waals surface area contributed by atoms with Crippen LogP contribution in [0.5, 0.6) is 0 Å². The first-order valence-corrected chi connectivity index (χ1v) is 8.33. The highest BCUT2D eigenvalue weighted by atomic mass is 15.1. The lowest BCUT2D eigenvalue weighted by molar-refractivity contribution is 0.363. The summed E-state index contributed by atoms with van der Waals surface area (Å²) >= 11 is 0. The molecule has 1 heteroatoms. The minimum absolute atomic E-state index is 0.0650. The fraction of sp³-hybridized carbons (Fsp3) is 0.455. The third-order valence-corrected chi connectivity index (χ3v) is 3.51. The lowest BCUT2D eigenvalue weighted by Crippen LogP contribution is -2.17. The topological polar surface area (TPSA) is 3.24 Å². The Labute approximate surface area is 143 Å². The van der Waals surface area contributed by atoms with Crippen LogP contribution in [0.15, 0.2) is 43.0 Å². The van der Waals surface area contributed by atoms with Crippen LogP contribution in [0.1, 0.15) is 45.7 Å². The first-order valence-electron chi connectivity index (χ1n) is 8.33. The molecule has 0 heterocycles. The summed E-state index contributed by atoms with van der Waals surface area (Å²) < 4.78 is 0. The SMILES string of the molecule is C=C(c1cccc(CN(C)CC=CC#CC(C)(C)C)c1)C(C)C. The maximum atomic E-state index is 4.19. The molecule has 0 radical (unpaired) electrons. The Bertz CT molecular complexity index is 603. The van der Waals surface area contributed by atoms with Crippen LogP contribution in [0, 0.1) is 23.2 Å². The summed E-state index contributed by atoms with van der Waals surface area (Å²) in [5.74, 6) is 6.80. The average Bonchev–Trinajstić information content (AvgIpc) is 2.45. The van der Waals surface area contributed by atoms with Crippen molar-refractivity contribution in [3.8, 4) is 11.8 Å². The first-order chi connectivity index (χ1) is 10.7. The van der Waals surface area contributed by atoms with Gasteiger partial charge in [-0.15, -0.1) is 0 Å². The highest BCUT2D eigenvalue weighted by Crippen LogP contribution is 2.22. The van der Waals surface area contributed by atoms with E-state index in [0.717, 1.165) is 13.1 Å². The number of hydrogen-bond donors (Lipinski definition) is 0. The summed E-state index contributed by atoms with van der Waals surface area (Å²) in [6.07, 6.45) is 4.08. The summed E-state index contributed by atoms with van der Waals surface area (Å²) in [4.78, 5) is 2.28. The highest BCUT2D eigenvalue weighted by Gasteiger charge is 2.05. The van der Waals surface area contributed by atoms with Gasteiger partial charge in [0.2, 0.25) is 0 Å². The Morgan fingerprint density at radius 1 is 1.30 bits per heavy atom. The summed E-state index contributed by atoms with van der Waals surface area (Å²) in [5, 5.41) is 0. The van der Waals surface area contributed by atoms with Gasteiger partial charge in [-0.25, -0.2) is 0 Å². The number of benzene rings is 1. The number of hydrogen-bond acceptors (Lipinski definition) is 1. The molecule has 1 rings (SSSR count). The minimum atomic E-state index is 0.0650. The van der Waals surface area contributed by atoms with Gasteiger partial charge in [0.05, 0.1) is 0 Å². The van der Waals surface area contributed by atoms with E-state index in [-0.39, 0.29) is 5.41 Å². The summed E-state index contributed by atoms with van der Waals surface area (Å²) in [6, 6.07) is 8.70. The zero-order chi connectivity index (χ0) is 17.5. The van der Waals surface area contributed by atoms with Crippen molar-refractivity contribution < 1.29 is 0 Å². The van der Waals surface area contributed by atoms with Gasteiger partial charge in [-0.1, -0.05) is 62.6 Å². The van der Waals surface area contributed by atoms with Crippen LogP contribution in [-0.4, -0.2) is 18.5 Å². The molecule has 124 valence electrons. The van der Waals surface area contributed by atoms with Crippen molar-refractivity contribution in [3.63, 3.8) is 0 Å². The number of allylic oxidation sites excluding steroid dienone is 2. The molecule has 0 unspecified atom stereocenters. The van der Waals surface area contributed by atoms with E-state index in [4.69, 9.17) is 0 Å². The van der Waals surface area contributed by atoms with Gasteiger partial charge in [0.25, 0.3) is 0 Å². The maximum Gasteiger partial charge on any atom is 0.0234 e. The second-order valence-corrected chi connectivity index (χ2v) is 7.50. The van der Waals surface area contributed by atoms with E-state index in [9.17, 15) is 0 Å². The molecule has 0 fully saturated rings. The van der Waals surface area contributed by atoms with Crippen LogP contribution in [0.4, 0.5) is 0 Å². The van der Waals surface area contributed by atoms with Crippen molar-refractivity contribution in [2.24, 2.45) is 11.3 Å². The molecule has 0 aromatic heterocycles. The monoisotopic (exact) mass is 309 g/mol. The normalized spacial score (nSPS) is 11.8. The Morgan fingerprint density at radius 2 is 2.00 bits per heavy atom. The van der Waals surface area contributed by atoms with Crippen molar-refractivity contribution >= 4 is 5.57 Å². The predicted molar refractivity (Wildman–Crippen MR) is 103 cm³/mol. The van der Waals surface area contributed by atoms with E-state index in [1.807, 2.05) is 6.08 Å². The Morgan fingerprint density at radius 3 is 2.61 bits per heavy atom. The Kier molecular flexibility index (Phi) is 7.33. The van der Waals surface area contributed by atoms with E-state index in [1.165, 1.54) is 16.7 Å². The Balaban J connectivity index is 2.59. The molecule has 0 saturated carbocycles. The van der Waals surface area contributed by atoms with Gasteiger partial charge >= 0.3 is 0 Å². The number of nitrogens with zero attached hydrogens (tertiary/aromatic N) is 1. The summed E-state index contributed by atoms with van der Waals surface area (Å²) in [7, 11) is 2.13. The molecule has 1 aromatic carbocycles. The number of likely N-dealkylation sites (N-methyl/N-ethyl adjacent to an activating group) is 1. The van der Waals surface area contributed by atoms with Crippen LogP contribution in [0.2, 0.25) is 0 Å². The summed E-state index contributed by atoms with van der Waals surface area (Å²) in [5.41, 5.74) is 3.83. The minimum Gasteiger partial charge on any atom is -0.298 e. The molecule has 0 bridgehead atoms. The van der Waals surface area contributed by atoms with Gasteiger partial charge in [-0.3, -0.25) is 4.90 Å². The van der Waals surface area contributed by atoms with E-state index >= 15 is 0 Å². The molecule has 1 aromatic rings. The lowest BCUT2D eigenvalue weighted by atomic mass is 9.96. The van der Waals surface area contributed by atoms with Crippen molar-refractivity contribution in [2.45, 2.75) is 41.2 Å². The van der Waals surface area contributed by atoms with Gasteiger partial charge < -0.3 is 0 Å². The van der Waals surface area contributed by atoms with Crippen LogP contribution in [-0.2, 0) is 6.54 Å². The molecule has 0 N–H and O–H groups in total. The quantitative estimate of drug-likeness (QED) is 0.636. The fourth-order valence-corrected chi connectivity index (χ4v) is 2.13. The van der Waals surface area contributed by atoms with E-state index < -0.39 is 0 Å². The van der Waals surface area contributed by atoms with Gasteiger partial charge in [0.15, 0.2) is 0 Å². The van der Waals surface area contributed by atoms with E-state index in [2.05, 4.69) is 95.3 Å². The van der Waals surface area contributed by atoms with Crippen molar-refractivity contribution in [3.05, 3.63) is 54.1 Å². The van der Waals surface area contributed by atoms with Gasteiger partial charge in [-0.05, 0) is 56.5 Å². The molecular weight excluding hydrogens is 278 g/mol. The van der Waals surface area contributed by atoms with Crippen LogP contribution in [0.25, 0.3) is 5.57 Å². The predicted octanol–water partition coefficient (Wildman–Crippen LogP) is 5.39. The molecule has 0 amide bonds. The second-order valence-electron chi connectivity index (χ2n) is 7.50. The third kappa shape index (κ3) is 7.86. The fourth-order valence-electron chi connectivity index (χ4n) is 2.13. The molecule has 0 aliphatic carbocycles. The molecule has 0 saturated heterocycles. The van der Waals surface area contributed by atoms with Crippen LogP contribution in [0.3, 0.4) is 0 Å². The van der Waals surface area contributed by atoms with Crippen molar-refractivity contribution in [2.75, 3.05) is 13.6 Å². The van der Waals surface area contributed by atoms with Crippen LogP contribution >= 0.6 is 0 Å². The zero-order valence-electron chi connectivity index (χ0n) is 15.6. The van der Waals surface area contributed by atoms with Crippen LogP contribution < -0.4 is 0 Å². The van der Waals surface area contributed by atoms with Gasteiger partial charge in [0, 0.05) is 18.5 Å². The smallest absolute Gasteiger partial charge is 0.0234 e. The first kappa shape index (κ1) is 19.3. The van der Waals surface area contributed by atoms with Gasteiger partial charge in [0.1, 0.15) is 0 Å². The molecule has 0 spiro atoms.